The van der Waals surface area contributed by atoms with Gasteiger partial charge in [0.25, 0.3) is 0 Å². The maximum atomic E-state index is 4.12. The van der Waals surface area contributed by atoms with Gasteiger partial charge in [0.15, 0.2) is 0 Å². The van der Waals surface area contributed by atoms with Crippen LogP contribution in [0.15, 0.2) is 12.7 Å². The number of aromatic nitrogens is 3. The average Bonchev–Trinajstić information content (AvgIpc) is 2.69. The predicted molar refractivity (Wildman–Crippen MR) is 66.2 cm³/mol. The number of hydrogen-bond donors (Lipinski definition) is 0. The molecule has 4 nitrogen and oxygen atoms in total. The monoisotopic (exact) mass is 224 g/mol. The Morgan fingerprint density at radius 3 is 2.44 bits per heavy atom. The predicted octanol–water partition coefficient (Wildman–Crippen LogP) is 2.03. The first kappa shape index (κ1) is 13.2. The molecule has 0 aromatic carbocycles. The molecule has 0 amide bonds. The fraction of sp³-hybridized carbons (Fsp3) is 0.833. The summed E-state index contributed by atoms with van der Waals surface area (Å²) in [6.07, 6.45) is 4.63. The molecule has 0 fully saturated rings. The highest BCUT2D eigenvalue weighted by atomic mass is 15.3. The van der Waals surface area contributed by atoms with Crippen LogP contribution in [0.5, 0.6) is 0 Å². The highest BCUT2D eigenvalue weighted by Gasteiger charge is 2.09. The molecular weight excluding hydrogens is 200 g/mol. The van der Waals surface area contributed by atoms with E-state index in [9.17, 15) is 0 Å². The van der Waals surface area contributed by atoms with Gasteiger partial charge in [0.05, 0.1) is 6.54 Å². The molecule has 0 aliphatic carbocycles. The molecule has 0 bridgehead atoms. The van der Waals surface area contributed by atoms with Gasteiger partial charge >= 0.3 is 0 Å². The molecule has 4 heteroatoms. The van der Waals surface area contributed by atoms with Crippen LogP contribution in [-0.2, 0) is 6.54 Å². The molecule has 16 heavy (non-hydrogen) atoms. The summed E-state index contributed by atoms with van der Waals surface area (Å²) in [7, 11) is 0. The Labute approximate surface area is 98.7 Å². The highest BCUT2D eigenvalue weighted by Crippen LogP contribution is 2.05. The van der Waals surface area contributed by atoms with E-state index in [2.05, 4.69) is 42.7 Å². The van der Waals surface area contributed by atoms with Gasteiger partial charge in [0.2, 0.25) is 0 Å². The van der Waals surface area contributed by atoms with Gasteiger partial charge in [0.1, 0.15) is 12.7 Å². The van der Waals surface area contributed by atoms with Crippen LogP contribution in [-0.4, -0.2) is 38.8 Å². The summed E-state index contributed by atoms with van der Waals surface area (Å²) in [5.41, 5.74) is 0. The van der Waals surface area contributed by atoms with Gasteiger partial charge in [-0.1, -0.05) is 13.8 Å². The lowest BCUT2D eigenvalue weighted by molar-refractivity contribution is 0.199. The van der Waals surface area contributed by atoms with Crippen molar-refractivity contribution in [2.45, 2.75) is 46.7 Å². The van der Waals surface area contributed by atoms with Crippen molar-refractivity contribution in [3.8, 4) is 0 Å². The van der Waals surface area contributed by atoms with Gasteiger partial charge < -0.3 is 0 Å². The van der Waals surface area contributed by atoms with Crippen molar-refractivity contribution in [3.63, 3.8) is 0 Å². The fourth-order valence-electron chi connectivity index (χ4n) is 1.63. The zero-order valence-electron chi connectivity index (χ0n) is 10.9. The van der Waals surface area contributed by atoms with E-state index >= 15 is 0 Å². The molecule has 0 aliphatic rings. The smallest absolute Gasteiger partial charge is 0.137 e. The van der Waals surface area contributed by atoms with E-state index in [0.29, 0.717) is 6.04 Å². The normalized spacial score (nSPS) is 11.9. The number of rotatable bonds is 7. The van der Waals surface area contributed by atoms with Crippen molar-refractivity contribution in [2.75, 3.05) is 13.1 Å². The second kappa shape index (κ2) is 6.63. The minimum Gasteiger partial charge on any atom is -0.299 e. The van der Waals surface area contributed by atoms with E-state index in [1.165, 1.54) is 13.0 Å². The zero-order chi connectivity index (χ0) is 12.0. The van der Waals surface area contributed by atoms with Crippen LogP contribution in [0.1, 0.15) is 34.1 Å². The molecule has 1 rings (SSSR count). The third kappa shape index (κ3) is 4.75. The van der Waals surface area contributed by atoms with Crippen molar-refractivity contribution in [1.29, 1.82) is 0 Å². The van der Waals surface area contributed by atoms with E-state index in [-0.39, 0.29) is 0 Å². The average molecular weight is 224 g/mol. The molecule has 1 aromatic rings. The number of nitrogens with zero attached hydrogens (tertiary/aromatic N) is 4. The van der Waals surface area contributed by atoms with Crippen LogP contribution >= 0.6 is 0 Å². The SMILES string of the molecule is CC(C)CCN(CCn1cncn1)C(C)C. The second-order valence-corrected chi connectivity index (χ2v) is 4.97. The van der Waals surface area contributed by atoms with Gasteiger partial charge in [-0.2, -0.15) is 5.10 Å². The molecule has 1 aromatic heterocycles. The van der Waals surface area contributed by atoms with E-state index in [1.54, 1.807) is 12.7 Å². The van der Waals surface area contributed by atoms with Crippen LogP contribution in [0.3, 0.4) is 0 Å². The molecule has 0 spiro atoms. The third-order valence-corrected chi connectivity index (χ3v) is 2.81. The van der Waals surface area contributed by atoms with Crippen LogP contribution in [0.25, 0.3) is 0 Å². The van der Waals surface area contributed by atoms with Gasteiger partial charge in [-0.25, -0.2) is 4.98 Å². The minimum atomic E-state index is 0.599. The maximum Gasteiger partial charge on any atom is 0.137 e. The molecule has 0 unspecified atom stereocenters. The Hall–Kier alpha value is -0.900. The van der Waals surface area contributed by atoms with Crippen molar-refractivity contribution in [1.82, 2.24) is 19.7 Å². The van der Waals surface area contributed by atoms with Crippen molar-refractivity contribution < 1.29 is 0 Å². The molecule has 0 saturated carbocycles. The maximum absolute atomic E-state index is 4.12. The van der Waals surface area contributed by atoms with Crippen LogP contribution in [0, 0.1) is 5.92 Å². The molecule has 1 heterocycles. The quantitative estimate of drug-likeness (QED) is 0.710. The zero-order valence-corrected chi connectivity index (χ0v) is 10.9. The van der Waals surface area contributed by atoms with Crippen LogP contribution in [0.2, 0.25) is 0 Å². The summed E-state index contributed by atoms with van der Waals surface area (Å²) in [4.78, 5) is 6.45. The van der Waals surface area contributed by atoms with Gasteiger partial charge in [-0.05, 0) is 32.7 Å². The Balaban J connectivity index is 2.33. The largest absolute Gasteiger partial charge is 0.299 e. The molecule has 0 radical (unpaired) electrons. The molecule has 0 N–H and O–H groups in total. The van der Waals surface area contributed by atoms with E-state index < -0.39 is 0 Å². The molecule has 0 atom stereocenters. The lowest BCUT2D eigenvalue weighted by Crippen LogP contribution is -2.35. The lowest BCUT2D eigenvalue weighted by atomic mass is 10.1. The first-order valence-electron chi connectivity index (χ1n) is 6.16. The highest BCUT2D eigenvalue weighted by molar-refractivity contribution is 4.65. The van der Waals surface area contributed by atoms with Gasteiger partial charge in [0, 0.05) is 12.6 Å². The van der Waals surface area contributed by atoms with Crippen molar-refractivity contribution in [3.05, 3.63) is 12.7 Å². The summed E-state index contributed by atoms with van der Waals surface area (Å²) in [6, 6.07) is 0.599. The Kier molecular flexibility index (Phi) is 5.46. The fourth-order valence-corrected chi connectivity index (χ4v) is 1.63. The topological polar surface area (TPSA) is 34.0 Å². The summed E-state index contributed by atoms with van der Waals surface area (Å²) in [5.74, 6) is 0.771. The Morgan fingerprint density at radius 1 is 1.19 bits per heavy atom. The lowest BCUT2D eigenvalue weighted by Gasteiger charge is -2.27. The number of hydrogen-bond acceptors (Lipinski definition) is 3. The van der Waals surface area contributed by atoms with Gasteiger partial charge in [-0.15, -0.1) is 0 Å². The first-order chi connectivity index (χ1) is 7.59. The molecule has 0 aliphatic heterocycles. The first-order valence-corrected chi connectivity index (χ1v) is 6.16. The summed E-state index contributed by atoms with van der Waals surface area (Å²) >= 11 is 0. The summed E-state index contributed by atoms with van der Waals surface area (Å²) in [5, 5.41) is 4.12. The van der Waals surface area contributed by atoms with Crippen molar-refractivity contribution in [2.24, 2.45) is 5.92 Å². The summed E-state index contributed by atoms with van der Waals surface area (Å²) < 4.78 is 1.89. The third-order valence-electron chi connectivity index (χ3n) is 2.81. The molecular formula is C12H24N4. The molecule has 0 saturated heterocycles. The van der Waals surface area contributed by atoms with E-state index in [1.807, 2.05) is 4.68 Å². The van der Waals surface area contributed by atoms with Crippen molar-refractivity contribution >= 4 is 0 Å². The Morgan fingerprint density at radius 2 is 1.94 bits per heavy atom. The standard InChI is InChI=1S/C12H24N4/c1-11(2)5-6-15(12(3)4)7-8-16-10-13-9-14-16/h9-12H,5-8H2,1-4H3. The Bertz CT molecular complexity index is 267. The second-order valence-electron chi connectivity index (χ2n) is 4.97. The molecule has 92 valence electrons. The van der Waals surface area contributed by atoms with Crippen LogP contribution in [0.4, 0.5) is 0 Å². The van der Waals surface area contributed by atoms with E-state index in [4.69, 9.17) is 0 Å². The van der Waals surface area contributed by atoms with Crippen LogP contribution < -0.4 is 0 Å². The van der Waals surface area contributed by atoms with Gasteiger partial charge in [-0.3, -0.25) is 9.58 Å². The summed E-state index contributed by atoms with van der Waals surface area (Å²) in [6.45, 7) is 12.2. The minimum absolute atomic E-state index is 0.599. The van der Waals surface area contributed by atoms with E-state index in [0.717, 1.165) is 19.0 Å².